The molecule has 2 aliphatic heterocycles. The summed E-state index contributed by atoms with van der Waals surface area (Å²) in [7, 11) is 0. The Morgan fingerprint density at radius 1 is 0.323 bits per heavy atom. The highest BCUT2D eigenvalue weighted by molar-refractivity contribution is 7.00. The predicted molar refractivity (Wildman–Crippen MR) is 418 cm³/mol. The summed E-state index contributed by atoms with van der Waals surface area (Å²) in [5, 5.41) is 0. The van der Waals surface area contributed by atoms with Crippen molar-refractivity contribution in [3.8, 4) is 0 Å². The minimum Gasteiger partial charge on any atom is -0.311 e. The smallest absolute Gasteiger partial charge is 0.252 e. The summed E-state index contributed by atoms with van der Waals surface area (Å²) in [6.45, 7) is 57.2. The van der Waals surface area contributed by atoms with Crippen LogP contribution in [0.5, 0.6) is 0 Å². The zero-order valence-electron chi connectivity index (χ0n) is 63.1. The highest BCUT2D eigenvalue weighted by Crippen LogP contribution is 2.55. The quantitative estimate of drug-likeness (QED) is 0.111. The highest BCUT2D eigenvalue weighted by Gasteiger charge is 2.48. The molecule has 0 saturated carbocycles. The van der Waals surface area contributed by atoms with Crippen LogP contribution in [0.3, 0.4) is 0 Å². The predicted octanol–water partition coefficient (Wildman–Crippen LogP) is 23.9. The molecule has 4 heteroatoms. The second-order valence-corrected chi connectivity index (χ2v) is 37.4. The molecule has 0 fully saturated rings. The molecule has 0 saturated heterocycles. The van der Waals surface area contributed by atoms with E-state index in [4.69, 9.17) is 0 Å². The molecule has 9 aromatic carbocycles. The van der Waals surface area contributed by atoms with E-state index >= 15 is 0 Å². The van der Waals surface area contributed by atoms with E-state index in [0.717, 1.165) is 42.7 Å². The Labute approximate surface area is 580 Å². The van der Waals surface area contributed by atoms with Crippen molar-refractivity contribution in [3.05, 3.63) is 248 Å². The Kier molecular flexibility index (Phi) is 15.9. The van der Waals surface area contributed by atoms with E-state index < -0.39 is 0 Å². The first-order valence-electron chi connectivity index (χ1n) is 36.2. The van der Waals surface area contributed by atoms with Crippen molar-refractivity contribution in [1.82, 2.24) is 0 Å². The van der Waals surface area contributed by atoms with Gasteiger partial charge < -0.3 is 14.7 Å². The number of rotatable bonds is 8. The third kappa shape index (κ3) is 11.8. The minimum absolute atomic E-state index is 0.00823. The Morgan fingerprint density at radius 2 is 0.708 bits per heavy atom. The molecule has 3 nitrogen and oxygen atoms in total. The molecule has 9 aromatic rings. The molecule has 496 valence electrons. The second kappa shape index (κ2) is 22.8. The van der Waals surface area contributed by atoms with Crippen molar-refractivity contribution >= 4 is 74.3 Å². The van der Waals surface area contributed by atoms with Crippen molar-refractivity contribution in [2.45, 2.75) is 247 Å². The van der Waals surface area contributed by atoms with Gasteiger partial charge in [0.1, 0.15) is 0 Å². The van der Waals surface area contributed by atoms with Crippen LogP contribution in [0.1, 0.15) is 263 Å². The van der Waals surface area contributed by atoms with E-state index in [1.165, 1.54) is 123 Å². The fourth-order valence-corrected chi connectivity index (χ4v) is 16.6. The van der Waals surface area contributed by atoms with E-state index in [1.54, 1.807) is 0 Å². The van der Waals surface area contributed by atoms with E-state index in [-0.39, 0.29) is 61.4 Å². The van der Waals surface area contributed by atoms with Gasteiger partial charge in [-0.25, -0.2) is 0 Å². The fourth-order valence-electron chi connectivity index (χ4n) is 16.6. The van der Waals surface area contributed by atoms with Gasteiger partial charge in [-0.1, -0.05) is 268 Å². The summed E-state index contributed by atoms with van der Waals surface area (Å²) >= 11 is 0. The Bertz CT molecular complexity index is 4360. The third-order valence-corrected chi connectivity index (χ3v) is 23.2. The van der Waals surface area contributed by atoms with Crippen molar-refractivity contribution in [2.24, 2.45) is 0 Å². The van der Waals surface area contributed by atoms with Gasteiger partial charge in [0.2, 0.25) is 0 Å². The van der Waals surface area contributed by atoms with Gasteiger partial charge in [0.15, 0.2) is 0 Å². The van der Waals surface area contributed by atoms with Crippen LogP contribution in [-0.4, -0.2) is 6.71 Å². The van der Waals surface area contributed by atoms with Crippen molar-refractivity contribution in [3.63, 3.8) is 0 Å². The minimum atomic E-state index is -0.106. The Morgan fingerprint density at radius 3 is 1.16 bits per heavy atom. The average molecular weight is 1270 g/mol. The van der Waals surface area contributed by atoms with Crippen LogP contribution in [0.2, 0.25) is 0 Å². The number of hydrogen-bond acceptors (Lipinski definition) is 3. The summed E-state index contributed by atoms with van der Waals surface area (Å²) < 4.78 is 0. The lowest BCUT2D eigenvalue weighted by atomic mass is 9.33. The molecule has 0 aromatic heterocycles. The number of anilines is 9. The molecule has 0 N–H and O–H groups in total. The fraction of sp³-hybridized carbons (Fsp3) is 0.413. The molecule has 13 rings (SSSR count). The van der Waals surface area contributed by atoms with E-state index in [2.05, 4.69) is 357 Å². The van der Waals surface area contributed by atoms with Gasteiger partial charge in [0, 0.05) is 51.4 Å². The van der Waals surface area contributed by atoms with Crippen LogP contribution in [0, 0.1) is 6.92 Å². The first-order valence-corrected chi connectivity index (χ1v) is 36.2. The van der Waals surface area contributed by atoms with Crippen molar-refractivity contribution < 1.29 is 0 Å². The van der Waals surface area contributed by atoms with E-state index in [9.17, 15) is 0 Å². The molecule has 0 atom stereocenters. The third-order valence-electron chi connectivity index (χ3n) is 23.2. The van der Waals surface area contributed by atoms with E-state index in [1.807, 2.05) is 0 Å². The van der Waals surface area contributed by atoms with Crippen LogP contribution < -0.4 is 31.1 Å². The van der Waals surface area contributed by atoms with Gasteiger partial charge in [0.05, 0.1) is 5.69 Å². The van der Waals surface area contributed by atoms with Crippen LogP contribution in [0.25, 0.3) is 0 Å². The number of hydrogen-bond donors (Lipinski definition) is 0. The molecule has 2 heterocycles. The van der Waals surface area contributed by atoms with Crippen molar-refractivity contribution in [2.75, 3.05) is 14.7 Å². The van der Waals surface area contributed by atoms with Gasteiger partial charge in [-0.05, 0) is 237 Å². The summed E-state index contributed by atoms with van der Waals surface area (Å²) in [5.74, 6) is -0.0436. The number of aryl methyl sites for hydroxylation is 1. The molecular formula is C92H110BN3. The molecule has 4 aliphatic rings. The maximum absolute atomic E-state index is 2.75. The zero-order valence-corrected chi connectivity index (χ0v) is 63.1. The Balaban J connectivity index is 1.19. The van der Waals surface area contributed by atoms with Gasteiger partial charge in [0.25, 0.3) is 6.71 Å². The van der Waals surface area contributed by atoms with Crippen LogP contribution in [0.15, 0.2) is 176 Å². The Hall–Kier alpha value is -7.56. The maximum atomic E-state index is 2.75. The molecule has 0 radical (unpaired) electrons. The number of benzene rings is 9. The van der Waals surface area contributed by atoms with Crippen molar-refractivity contribution in [1.29, 1.82) is 0 Å². The highest BCUT2D eigenvalue weighted by atomic mass is 15.2. The number of fused-ring (bicyclic) bond motifs is 6. The van der Waals surface area contributed by atoms with E-state index in [0.29, 0.717) is 0 Å². The molecule has 2 aliphatic carbocycles. The monoisotopic (exact) mass is 1270 g/mol. The second-order valence-electron chi connectivity index (χ2n) is 37.4. The van der Waals surface area contributed by atoms with Gasteiger partial charge in [-0.2, -0.15) is 0 Å². The molecule has 96 heavy (non-hydrogen) atoms. The van der Waals surface area contributed by atoms with Crippen LogP contribution in [0.4, 0.5) is 51.2 Å². The summed E-state index contributed by atoms with van der Waals surface area (Å²) in [6.07, 6.45) is 4.57. The van der Waals surface area contributed by atoms with Gasteiger partial charge in [-0.15, -0.1) is 0 Å². The summed E-state index contributed by atoms with van der Waals surface area (Å²) in [6, 6.07) is 71.5. The largest absolute Gasteiger partial charge is 0.311 e. The molecule has 0 unspecified atom stereocenters. The SMILES string of the molecule is Cc1cc(C(C)(C)C)ccc1N1c2cc(C(c3ccc(C(C)(C)C)cc3)c3ccc(C(C)(C)C)cc3)ccc2B2c3cc4c(cc3N(c3ccc5c(c3)C(C)(C)CCC5(C)C)c3cc(N(c5ccc(C(C)(C)C)cc5)c5ccc(C(C)(C)C)cc5)cc1c32)C(C)(C)CCC4(C)C. The van der Waals surface area contributed by atoms with Crippen LogP contribution >= 0.6 is 0 Å². The first kappa shape index (κ1) is 67.0. The topological polar surface area (TPSA) is 9.72 Å². The standard InChI is InChI=1S/C92H110BN3/c1-58-51-66(88(14,15)16)38-46-77(58)96-78-52-61(82(59-25-30-62(31-26-59)84(2,3)4)60-27-32-63(33-28-60)85(5,6)7)29-45-75(78)93-76-56-73-74(92(23,24)50-49-91(73,21)22)57-79(76)95(69-43-44-71-72(53-69)90(19,20)48-47-89(71,17)18)80-54-70(55-81(96)83(80)93)94(67-39-34-64(35-40-67)86(8,9)10)68-41-36-65(37-42-68)87(11,12)13/h25-46,51-57,82H,47-50H2,1-24H3. The molecule has 0 amide bonds. The lowest BCUT2D eigenvalue weighted by molar-refractivity contribution is 0.332. The molecular weight excluding hydrogens is 1160 g/mol. The van der Waals surface area contributed by atoms with Gasteiger partial charge >= 0.3 is 0 Å². The first-order chi connectivity index (χ1) is 44.6. The summed E-state index contributed by atoms with van der Waals surface area (Å²) in [5.41, 5.74) is 32.4. The summed E-state index contributed by atoms with van der Waals surface area (Å²) in [4.78, 5) is 8.03. The maximum Gasteiger partial charge on any atom is 0.252 e. The molecule has 0 bridgehead atoms. The lowest BCUT2D eigenvalue weighted by Gasteiger charge is -2.48. The average Bonchev–Trinajstić information content (AvgIpc) is 0.686. The normalized spacial score (nSPS) is 16.9. The van der Waals surface area contributed by atoms with Crippen LogP contribution in [-0.2, 0) is 48.7 Å². The van der Waals surface area contributed by atoms with Gasteiger partial charge in [-0.3, -0.25) is 0 Å². The number of nitrogens with zero attached hydrogens (tertiary/aromatic N) is 3. The zero-order chi connectivity index (χ0) is 69.2. The lowest BCUT2D eigenvalue weighted by Crippen LogP contribution is -2.62. The molecule has 0 spiro atoms.